The summed E-state index contributed by atoms with van der Waals surface area (Å²) in [4.78, 5) is 13.1. The monoisotopic (exact) mass is 184 g/mol. The highest BCUT2D eigenvalue weighted by molar-refractivity contribution is 5.86. The molecule has 0 unspecified atom stereocenters. The maximum Gasteiger partial charge on any atom is 0.334 e. The highest BCUT2D eigenvalue weighted by Crippen LogP contribution is 1.96. The van der Waals surface area contributed by atoms with Crippen molar-refractivity contribution in [2.24, 2.45) is 0 Å². The predicted molar refractivity (Wildman–Crippen MR) is 50.2 cm³/mol. The molecule has 1 aliphatic heterocycles. The number of carbonyl (C=O) groups is 1. The molecule has 4 nitrogen and oxygen atoms in total. The minimum absolute atomic E-state index is 0.307. The van der Waals surface area contributed by atoms with Crippen molar-refractivity contribution in [2.75, 3.05) is 32.9 Å². The Bertz CT molecular complexity index is 198. The lowest BCUT2D eigenvalue weighted by atomic mass is 10.4. The van der Waals surface area contributed by atoms with Crippen molar-refractivity contribution in [3.63, 3.8) is 0 Å². The molecule has 1 heterocycles. The lowest BCUT2D eigenvalue weighted by molar-refractivity contribution is -0.143. The van der Waals surface area contributed by atoms with E-state index in [4.69, 9.17) is 4.74 Å². The van der Waals surface area contributed by atoms with Gasteiger partial charge in [0.2, 0.25) is 0 Å². The molecular weight excluding hydrogens is 168 g/mol. The molecule has 0 amide bonds. The van der Waals surface area contributed by atoms with E-state index in [1.165, 1.54) is 0 Å². The number of esters is 1. The Hall–Kier alpha value is -0.870. The molecule has 0 bridgehead atoms. The van der Waals surface area contributed by atoms with Crippen molar-refractivity contribution in [1.29, 1.82) is 0 Å². The average Bonchev–Trinajstić information content (AvgIpc) is 2.15. The van der Waals surface area contributed by atoms with Crippen molar-refractivity contribution in [2.45, 2.75) is 6.92 Å². The third-order valence-electron chi connectivity index (χ3n) is 1.94. The maximum absolute atomic E-state index is 11.0. The van der Waals surface area contributed by atoms with Crippen molar-refractivity contribution in [1.82, 2.24) is 10.2 Å². The molecule has 0 radical (unpaired) electrons. The molecular formula is C9H16N2O2. The molecule has 0 spiro atoms. The smallest absolute Gasteiger partial charge is 0.334 e. The van der Waals surface area contributed by atoms with Crippen LogP contribution in [-0.2, 0) is 9.53 Å². The van der Waals surface area contributed by atoms with Crippen molar-refractivity contribution in [3.8, 4) is 0 Å². The molecule has 0 aromatic heterocycles. The van der Waals surface area contributed by atoms with E-state index in [-0.39, 0.29) is 5.97 Å². The number of rotatable bonds is 3. The molecule has 0 atom stereocenters. The van der Waals surface area contributed by atoms with E-state index in [0.29, 0.717) is 12.3 Å². The molecule has 4 heteroatoms. The highest BCUT2D eigenvalue weighted by Gasteiger charge is 2.11. The predicted octanol–water partition coefficient (Wildman–Crippen LogP) is -0.0316. The normalized spacial score (nSPS) is 18.2. The second kappa shape index (κ2) is 4.99. The third kappa shape index (κ3) is 3.57. The fraction of sp³-hybridized carbons (Fsp3) is 0.667. The van der Waals surface area contributed by atoms with Gasteiger partial charge in [0, 0.05) is 31.8 Å². The Labute approximate surface area is 78.5 Å². The van der Waals surface area contributed by atoms with Crippen LogP contribution in [0.5, 0.6) is 0 Å². The number of carbonyl (C=O) groups excluding carboxylic acids is 1. The van der Waals surface area contributed by atoms with Crippen LogP contribution in [-0.4, -0.2) is 43.8 Å². The average molecular weight is 184 g/mol. The zero-order chi connectivity index (χ0) is 9.68. The van der Waals surface area contributed by atoms with Crippen LogP contribution in [0.2, 0.25) is 0 Å². The van der Waals surface area contributed by atoms with E-state index in [2.05, 4.69) is 16.8 Å². The standard InChI is InChI=1S/C9H16N2O2/c1-8(2)9(12)13-7-11-5-3-10-4-6-11/h10H,1,3-7H2,2H3. The highest BCUT2D eigenvalue weighted by atomic mass is 16.5. The first-order valence-corrected chi connectivity index (χ1v) is 4.46. The van der Waals surface area contributed by atoms with E-state index in [9.17, 15) is 4.79 Å². The van der Waals surface area contributed by atoms with E-state index in [0.717, 1.165) is 26.2 Å². The molecule has 1 saturated heterocycles. The van der Waals surface area contributed by atoms with Crippen LogP contribution >= 0.6 is 0 Å². The minimum atomic E-state index is -0.307. The summed E-state index contributed by atoms with van der Waals surface area (Å²) in [6, 6.07) is 0. The van der Waals surface area contributed by atoms with E-state index in [1.807, 2.05) is 0 Å². The second-order valence-electron chi connectivity index (χ2n) is 3.21. The van der Waals surface area contributed by atoms with Gasteiger partial charge < -0.3 is 10.1 Å². The summed E-state index contributed by atoms with van der Waals surface area (Å²) in [5, 5.41) is 3.23. The van der Waals surface area contributed by atoms with Gasteiger partial charge >= 0.3 is 5.97 Å². The maximum atomic E-state index is 11.0. The Kier molecular flexibility index (Phi) is 3.92. The summed E-state index contributed by atoms with van der Waals surface area (Å²) in [6.45, 7) is 9.34. The number of ether oxygens (including phenoxy) is 1. The molecule has 0 aromatic carbocycles. The third-order valence-corrected chi connectivity index (χ3v) is 1.94. The van der Waals surface area contributed by atoms with Crippen LogP contribution in [0.3, 0.4) is 0 Å². The van der Waals surface area contributed by atoms with Crippen molar-refractivity contribution >= 4 is 5.97 Å². The van der Waals surface area contributed by atoms with Gasteiger partial charge in [-0.3, -0.25) is 4.90 Å². The van der Waals surface area contributed by atoms with Crippen LogP contribution in [0, 0.1) is 0 Å². The summed E-state index contributed by atoms with van der Waals surface area (Å²) < 4.78 is 5.00. The number of nitrogens with zero attached hydrogens (tertiary/aromatic N) is 1. The van der Waals surface area contributed by atoms with Gasteiger partial charge in [-0.2, -0.15) is 0 Å². The van der Waals surface area contributed by atoms with Gasteiger partial charge in [0.25, 0.3) is 0 Å². The molecule has 74 valence electrons. The summed E-state index contributed by atoms with van der Waals surface area (Å²) in [7, 11) is 0. The number of nitrogens with one attached hydrogen (secondary N) is 1. The summed E-state index contributed by atoms with van der Waals surface area (Å²) >= 11 is 0. The van der Waals surface area contributed by atoms with E-state index < -0.39 is 0 Å². The molecule has 0 aliphatic carbocycles. The lowest BCUT2D eigenvalue weighted by Crippen LogP contribution is -2.44. The zero-order valence-electron chi connectivity index (χ0n) is 8.01. The fourth-order valence-electron chi connectivity index (χ4n) is 1.11. The molecule has 1 N–H and O–H groups in total. The van der Waals surface area contributed by atoms with Gasteiger partial charge in [0.1, 0.15) is 6.73 Å². The first-order chi connectivity index (χ1) is 6.20. The SMILES string of the molecule is C=C(C)C(=O)OCN1CCNCC1. The Morgan fingerprint density at radius 3 is 2.69 bits per heavy atom. The molecule has 13 heavy (non-hydrogen) atoms. The molecule has 1 fully saturated rings. The summed E-state index contributed by atoms with van der Waals surface area (Å²) in [6.07, 6.45) is 0. The Morgan fingerprint density at radius 2 is 2.15 bits per heavy atom. The first-order valence-electron chi connectivity index (χ1n) is 4.46. The topological polar surface area (TPSA) is 41.6 Å². The van der Waals surface area contributed by atoms with Crippen LogP contribution in [0.1, 0.15) is 6.92 Å². The van der Waals surface area contributed by atoms with Crippen LogP contribution < -0.4 is 5.32 Å². The van der Waals surface area contributed by atoms with Gasteiger partial charge in [0.15, 0.2) is 0 Å². The summed E-state index contributed by atoms with van der Waals surface area (Å²) in [5.74, 6) is -0.307. The summed E-state index contributed by atoms with van der Waals surface area (Å²) in [5.41, 5.74) is 0.454. The fourth-order valence-corrected chi connectivity index (χ4v) is 1.11. The van der Waals surface area contributed by atoms with Gasteiger partial charge in [-0.1, -0.05) is 6.58 Å². The van der Waals surface area contributed by atoms with Crippen molar-refractivity contribution < 1.29 is 9.53 Å². The molecule has 0 aromatic rings. The minimum Gasteiger partial charge on any atom is -0.446 e. The number of hydrogen-bond acceptors (Lipinski definition) is 4. The largest absolute Gasteiger partial charge is 0.446 e. The molecule has 0 saturated carbocycles. The quantitative estimate of drug-likeness (QED) is 0.494. The van der Waals surface area contributed by atoms with Gasteiger partial charge in [-0.25, -0.2) is 4.79 Å². The van der Waals surface area contributed by atoms with E-state index in [1.54, 1.807) is 6.92 Å². The number of hydrogen-bond donors (Lipinski definition) is 1. The zero-order valence-corrected chi connectivity index (χ0v) is 8.01. The van der Waals surface area contributed by atoms with Gasteiger partial charge in [0.05, 0.1) is 0 Å². The van der Waals surface area contributed by atoms with E-state index >= 15 is 0 Å². The first kappa shape index (κ1) is 10.2. The second-order valence-corrected chi connectivity index (χ2v) is 3.21. The molecule has 1 rings (SSSR count). The van der Waals surface area contributed by atoms with Gasteiger partial charge in [-0.05, 0) is 6.92 Å². The molecule has 1 aliphatic rings. The Morgan fingerprint density at radius 1 is 1.54 bits per heavy atom. The van der Waals surface area contributed by atoms with Crippen molar-refractivity contribution in [3.05, 3.63) is 12.2 Å². The van der Waals surface area contributed by atoms with Crippen LogP contribution in [0.25, 0.3) is 0 Å². The van der Waals surface area contributed by atoms with Crippen LogP contribution in [0.4, 0.5) is 0 Å². The number of piperazine rings is 1. The Balaban J connectivity index is 2.17. The van der Waals surface area contributed by atoms with Gasteiger partial charge in [-0.15, -0.1) is 0 Å². The lowest BCUT2D eigenvalue weighted by Gasteiger charge is -2.26. The van der Waals surface area contributed by atoms with Crippen LogP contribution in [0.15, 0.2) is 12.2 Å².